The fourth-order valence-electron chi connectivity index (χ4n) is 3.08. The van der Waals surface area contributed by atoms with Crippen LogP contribution >= 0.6 is 0 Å². The van der Waals surface area contributed by atoms with E-state index in [1.165, 1.54) is 12.1 Å². The first-order chi connectivity index (χ1) is 13.3. The smallest absolute Gasteiger partial charge is 0.394 e. The number of carbonyl (C=O) groups excluding carboxylic acids is 1. The van der Waals surface area contributed by atoms with Gasteiger partial charge in [0.25, 0.3) is 0 Å². The summed E-state index contributed by atoms with van der Waals surface area (Å²) in [4.78, 5) is 12.4. The number of halogens is 3. The lowest BCUT2D eigenvalue weighted by atomic mass is 10.0. The summed E-state index contributed by atoms with van der Waals surface area (Å²) in [6.45, 7) is 2.33. The Labute approximate surface area is 159 Å². The minimum Gasteiger partial charge on any atom is -0.394 e. The molecule has 2 atom stereocenters. The average molecular weight is 398 g/mol. The minimum absolute atomic E-state index is 0.00102. The van der Waals surface area contributed by atoms with E-state index in [9.17, 15) is 23.1 Å². The summed E-state index contributed by atoms with van der Waals surface area (Å²) < 4.78 is 45.7. The first-order valence-electron chi connectivity index (χ1n) is 8.77. The fraction of sp³-hybridized carbons (Fsp3) is 0.444. The molecule has 10 heteroatoms. The monoisotopic (exact) mass is 398 g/mol. The third-order valence-electron chi connectivity index (χ3n) is 4.46. The van der Waals surface area contributed by atoms with Crippen molar-refractivity contribution in [2.24, 2.45) is 0 Å². The zero-order chi connectivity index (χ0) is 20.3. The molecule has 3 rings (SSSR count). The maximum Gasteiger partial charge on any atom is 0.416 e. The van der Waals surface area contributed by atoms with E-state index in [0.717, 1.165) is 18.6 Å². The number of ether oxygens (including phenoxy) is 1. The molecule has 1 saturated heterocycles. The number of alkyl halides is 3. The summed E-state index contributed by atoms with van der Waals surface area (Å²) in [5, 5.41) is 19.1. The van der Waals surface area contributed by atoms with Crippen molar-refractivity contribution in [1.29, 1.82) is 0 Å². The maximum absolute atomic E-state index is 12.9. The van der Waals surface area contributed by atoms with Crippen molar-refractivity contribution in [2.75, 3.05) is 25.1 Å². The zero-order valence-electron chi connectivity index (χ0n) is 15.2. The van der Waals surface area contributed by atoms with Crippen LogP contribution in [0.2, 0.25) is 0 Å². The number of amides is 2. The van der Waals surface area contributed by atoms with Crippen LogP contribution in [0.1, 0.15) is 35.3 Å². The predicted molar refractivity (Wildman–Crippen MR) is 94.9 cm³/mol. The normalized spacial score (nSPS) is 18.1. The van der Waals surface area contributed by atoms with E-state index in [1.54, 1.807) is 17.7 Å². The Hall–Kier alpha value is -2.59. The highest BCUT2D eigenvalue weighted by Gasteiger charge is 2.31. The van der Waals surface area contributed by atoms with Crippen LogP contribution < -0.4 is 10.6 Å². The molecule has 0 spiro atoms. The maximum atomic E-state index is 12.9. The molecule has 1 aliphatic rings. The molecule has 0 bridgehead atoms. The number of anilines is 1. The highest BCUT2D eigenvalue weighted by atomic mass is 19.4. The second kappa shape index (κ2) is 8.19. The van der Waals surface area contributed by atoms with Crippen molar-refractivity contribution in [1.82, 2.24) is 15.1 Å². The van der Waals surface area contributed by atoms with Crippen molar-refractivity contribution >= 4 is 11.8 Å². The standard InChI is InChI=1S/C18H21F3N4O3/c1-11-7-16(25(24-11)14-5-6-28-10-14)23-17(27)22-15(9-26)12-3-2-4-13(8-12)18(19,20)21/h2-4,7-8,14-15,26H,5-6,9-10H2,1H3,(H2,22,23,27). The van der Waals surface area contributed by atoms with Crippen LogP contribution in [-0.4, -0.2) is 40.7 Å². The summed E-state index contributed by atoms with van der Waals surface area (Å²) in [5.74, 6) is 0.450. The van der Waals surface area contributed by atoms with Crippen molar-refractivity contribution < 1.29 is 27.8 Å². The molecule has 2 amide bonds. The third kappa shape index (κ3) is 4.63. The molecule has 1 aromatic carbocycles. The Morgan fingerprint density at radius 2 is 2.21 bits per heavy atom. The van der Waals surface area contributed by atoms with Gasteiger partial charge in [0, 0.05) is 12.7 Å². The quantitative estimate of drug-likeness (QED) is 0.723. The molecule has 1 aromatic heterocycles. The van der Waals surface area contributed by atoms with E-state index >= 15 is 0 Å². The van der Waals surface area contributed by atoms with Crippen LogP contribution in [0.4, 0.5) is 23.8 Å². The van der Waals surface area contributed by atoms with Gasteiger partial charge in [-0.3, -0.25) is 5.32 Å². The summed E-state index contributed by atoms with van der Waals surface area (Å²) in [5.41, 5.74) is 0.0146. The number of hydrogen-bond acceptors (Lipinski definition) is 4. The van der Waals surface area contributed by atoms with Crippen LogP contribution in [0.5, 0.6) is 0 Å². The number of nitrogens with one attached hydrogen (secondary N) is 2. The van der Waals surface area contributed by atoms with Crippen molar-refractivity contribution in [3.8, 4) is 0 Å². The number of aliphatic hydroxyl groups is 1. The largest absolute Gasteiger partial charge is 0.416 e. The van der Waals surface area contributed by atoms with Gasteiger partial charge in [0.05, 0.1) is 36.6 Å². The van der Waals surface area contributed by atoms with Gasteiger partial charge < -0.3 is 15.2 Å². The van der Waals surface area contributed by atoms with Gasteiger partial charge in [0.15, 0.2) is 0 Å². The number of hydrogen-bond donors (Lipinski definition) is 3. The number of rotatable bonds is 5. The van der Waals surface area contributed by atoms with Gasteiger partial charge in [-0.15, -0.1) is 0 Å². The number of aliphatic hydroxyl groups excluding tert-OH is 1. The molecular formula is C18H21F3N4O3. The molecule has 0 radical (unpaired) electrons. The summed E-state index contributed by atoms with van der Waals surface area (Å²) in [6.07, 6.45) is -3.74. The van der Waals surface area contributed by atoms with Gasteiger partial charge in [-0.2, -0.15) is 18.3 Å². The van der Waals surface area contributed by atoms with Crippen molar-refractivity contribution in [3.05, 3.63) is 47.2 Å². The van der Waals surface area contributed by atoms with E-state index in [2.05, 4.69) is 15.7 Å². The topological polar surface area (TPSA) is 88.4 Å². The molecule has 2 aromatic rings. The SMILES string of the molecule is Cc1cc(NC(=O)NC(CO)c2cccc(C(F)(F)F)c2)n(C2CCOC2)n1. The molecule has 1 aliphatic heterocycles. The Balaban J connectivity index is 1.72. The second-order valence-corrected chi connectivity index (χ2v) is 6.59. The first kappa shape index (κ1) is 20.2. The Morgan fingerprint density at radius 3 is 2.86 bits per heavy atom. The van der Waals surface area contributed by atoms with Crippen LogP contribution in [-0.2, 0) is 10.9 Å². The number of nitrogens with zero attached hydrogens (tertiary/aromatic N) is 2. The second-order valence-electron chi connectivity index (χ2n) is 6.59. The molecule has 28 heavy (non-hydrogen) atoms. The van der Waals surface area contributed by atoms with Crippen LogP contribution in [0, 0.1) is 6.92 Å². The third-order valence-corrected chi connectivity index (χ3v) is 4.46. The van der Waals surface area contributed by atoms with Gasteiger partial charge >= 0.3 is 12.2 Å². The van der Waals surface area contributed by atoms with Gasteiger partial charge in [-0.05, 0) is 31.0 Å². The Morgan fingerprint density at radius 1 is 1.43 bits per heavy atom. The lowest BCUT2D eigenvalue weighted by Crippen LogP contribution is -2.35. The lowest BCUT2D eigenvalue weighted by molar-refractivity contribution is -0.137. The van der Waals surface area contributed by atoms with E-state index in [-0.39, 0.29) is 11.6 Å². The molecule has 0 saturated carbocycles. The number of benzene rings is 1. The summed E-state index contributed by atoms with van der Waals surface area (Å²) >= 11 is 0. The molecular weight excluding hydrogens is 377 g/mol. The van der Waals surface area contributed by atoms with E-state index < -0.39 is 30.4 Å². The first-order valence-corrected chi connectivity index (χ1v) is 8.77. The molecule has 1 fully saturated rings. The van der Waals surface area contributed by atoms with E-state index in [1.807, 2.05) is 0 Å². The zero-order valence-corrected chi connectivity index (χ0v) is 15.2. The Kier molecular flexibility index (Phi) is 5.90. The van der Waals surface area contributed by atoms with Crippen molar-refractivity contribution in [3.63, 3.8) is 0 Å². The minimum atomic E-state index is -4.51. The molecule has 152 valence electrons. The van der Waals surface area contributed by atoms with Crippen LogP contribution in [0.3, 0.4) is 0 Å². The van der Waals surface area contributed by atoms with Crippen molar-refractivity contribution in [2.45, 2.75) is 31.6 Å². The highest BCUT2D eigenvalue weighted by molar-refractivity contribution is 5.88. The van der Waals surface area contributed by atoms with Gasteiger partial charge in [0.2, 0.25) is 0 Å². The number of aryl methyl sites for hydroxylation is 1. The van der Waals surface area contributed by atoms with Gasteiger partial charge in [-0.25, -0.2) is 9.48 Å². The number of urea groups is 1. The van der Waals surface area contributed by atoms with Gasteiger partial charge in [0.1, 0.15) is 5.82 Å². The van der Waals surface area contributed by atoms with Crippen LogP contribution in [0.15, 0.2) is 30.3 Å². The summed E-state index contributed by atoms with van der Waals surface area (Å²) in [6, 6.07) is 4.54. The summed E-state index contributed by atoms with van der Waals surface area (Å²) in [7, 11) is 0. The van der Waals surface area contributed by atoms with Gasteiger partial charge in [-0.1, -0.05) is 12.1 Å². The van der Waals surface area contributed by atoms with E-state index in [0.29, 0.717) is 24.7 Å². The van der Waals surface area contributed by atoms with E-state index in [4.69, 9.17) is 4.74 Å². The lowest BCUT2D eigenvalue weighted by Gasteiger charge is -2.19. The Bertz CT molecular complexity index is 832. The average Bonchev–Trinajstić information content (AvgIpc) is 3.28. The van der Waals surface area contributed by atoms with Crippen LogP contribution in [0.25, 0.3) is 0 Å². The predicted octanol–water partition coefficient (Wildman–Crippen LogP) is 3.03. The number of aromatic nitrogens is 2. The molecule has 0 aliphatic carbocycles. The number of carbonyl (C=O) groups is 1. The molecule has 2 unspecified atom stereocenters. The molecule has 2 heterocycles. The fourth-order valence-corrected chi connectivity index (χ4v) is 3.08. The molecule has 7 nitrogen and oxygen atoms in total. The highest BCUT2D eigenvalue weighted by Crippen LogP contribution is 2.31. The molecule has 3 N–H and O–H groups in total.